The van der Waals surface area contributed by atoms with E-state index in [1.165, 1.54) is 0 Å². The molecule has 4 N–H and O–H groups in total. The van der Waals surface area contributed by atoms with E-state index in [0.29, 0.717) is 26.1 Å². The highest BCUT2D eigenvalue weighted by molar-refractivity contribution is 5.83. The first-order valence-corrected chi connectivity index (χ1v) is 6.43. The molecule has 114 valence electrons. The summed E-state index contributed by atoms with van der Waals surface area (Å²) in [6.07, 6.45) is 0.820. The van der Waals surface area contributed by atoms with Gasteiger partial charge in [0.1, 0.15) is 6.04 Å². The Hall–Kier alpha value is -1.83. The summed E-state index contributed by atoms with van der Waals surface area (Å²) in [5, 5.41) is 22.5. The van der Waals surface area contributed by atoms with Gasteiger partial charge in [-0.2, -0.15) is 0 Å². The van der Waals surface area contributed by atoms with Crippen molar-refractivity contribution in [2.24, 2.45) is 0 Å². The summed E-state index contributed by atoms with van der Waals surface area (Å²) < 4.78 is 5.20. The van der Waals surface area contributed by atoms with E-state index >= 15 is 0 Å². The van der Waals surface area contributed by atoms with Gasteiger partial charge >= 0.3 is 18.0 Å². The maximum atomic E-state index is 11.8. The van der Waals surface area contributed by atoms with Crippen molar-refractivity contribution in [3.05, 3.63) is 0 Å². The minimum atomic E-state index is -1.25. The second kappa shape index (κ2) is 7.09. The Kier molecular flexibility index (Phi) is 5.75. The molecule has 0 saturated carbocycles. The highest BCUT2D eigenvalue weighted by Crippen LogP contribution is 2.19. The predicted molar refractivity (Wildman–Crippen MR) is 68.4 cm³/mol. The highest BCUT2D eigenvalue weighted by Gasteiger charge is 2.30. The predicted octanol–water partition coefficient (Wildman–Crippen LogP) is 0.173. The van der Waals surface area contributed by atoms with Gasteiger partial charge < -0.3 is 25.6 Å². The zero-order valence-corrected chi connectivity index (χ0v) is 11.3. The van der Waals surface area contributed by atoms with Crippen molar-refractivity contribution in [3.63, 3.8) is 0 Å². The van der Waals surface area contributed by atoms with Gasteiger partial charge in [0.25, 0.3) is 0 Å². The molecule has 1 aliphatic heterocycles. The molecule has 1 heterocycles. The van der Waals surface area contributed by atoms with Crippen LogP contribution in [0.4, 0.5) is 4.79 Å². The van der Waals surface area contributed by atoms with Crippen LogP contribution in [0.15, 0.2) is 0 Å². The van der Waals surface area contributed by atoms with Gasteiger partial charge in [0.15, 0.2) is 0 Å². The minimum absolute atomic E-state index is 0.155. The lowest BCUT2D eigenvalue weighted by atomic mass is 9.93. The first-order valence-electron chi connectivity index (χ1n) is 6.43. The van der Waals surface area contributed by atoms with Crippen LogP contribution in [0.3, 0.4) is 0 Å². The van der Waals surface area contributed by atoms with Crippen molar-refractivity contribution >= 4 is 18.0 Å². The van der Waals surface area contributed by atoms with Gasteiger partial charge in [0, 0.05) is 25.2 Å². The number of hydrogen-bond acceptors (Lipinski definition) is 4. The molecule has 0 aliphatic carbocycles. The number of carboxylic acid groups (broad SMARTS) is 2. The molecule has 1 fully saturated rings. The monoisotopic (exact) mass is 288 g/mol. The number of nitrogens with one attached hydrogen (secondary N) is 2. The number of ether oxygens (including phenoxy) is 1. The fraction of sp³-hybridized carbons (Fsp3) is 0.750. The second-order valence-electron chi connectivity index (χ2n) is 5.09. The maximum absolute atomic E-state index is 11.8. The molecule has 0 aromatic heterocycles. The number of carbonyl (C=O) groups is 3. The second-order valence-corrected chi connectivity index (χ2v) is 5.09. The van der Waals surface area contributed by atoms with Crippen LogP contribution in [-0.2, 0) is 14.3 Å². The van der Waals surface area contributed by atoms with Crippen LogP contribution in [0.5, 0.6) is 0 Å². The minimum Gasteiger partial charge on any atom is -0.481 e. The van der Waals surface area contributed by atoms with Crippen LogP contribution in [-0.4, -0.2) is 53.0 Å². The lowest BCUT2D eigenvalue weighted by Gasteiger charge is -2.34. The van der Waals surface area contributed by atoms with Crippen LogP contribution in [0.2, 0.25) is 0 Å². The lowest BCUT2D eigenvalue weighted by molar-refractivity contribution is -0.140. The van der Waals surface area contributed by atoms with E-state index in [4.69, 9.17) is 14.9 Å². The molecule has 8 heteroatoms. The zero-order valence-electron chi connectivity index (χ0n) is 11.3. The average Bonchev–Trinajstić information content (AvgIpc) is 2.34. The quantitative estimate of drug-likeness (QED) is 0.552. The fourth-order valence-corrected chi connectivity index (χ4v) is 1.94. The molecule has 2 amide bonds. The van der Waals surface area contributed by atoms with Crippen LogP contribution in [0, 0.1) is 0 Å². The van der Waals surface area contributed by atoms with Crippen LogP contribution < -0.4 is 10.6 Å². The van der Waals surface area contributed by atoms with Crippen molar-refractivity contribution < 1.29 is 29.3 Å². The molecule has 0 radical (unpaired) electrons. The van der Waals surface area contributed by atoms with Crippen LogP contribution in [0.25, 0.3) is 0 Å². The maximum Gasteiger partial charge on any atom is 0.326 e. The molecule has 20 heavy (non-hydrogen) atoms. The molecule has 1 rings (SSSR count). The fourth-order valence-electron chi connectivity index (χ4n) is 1.94. The normalized spacial score (nSPS) is 18.9. The lowest BCUT2D eigenvalue weighted by Crippen LogP contribution is -2.55. The van der Waals surface area contributed by atoms with Gasteiger partial charge in [-0.25, -0.2) is 9.59 Å². The number of aliphatic carboxylic acids is 2. The number of urea groups is 1. The van der Waals surface area contributed by atoms with E-state index in [9.17, 15) is 14.4 Å². The molecule has 0 aromatic carbocycles. The van der Waals surface area contributed by atoms with E-state index < -0.39 is 29.6 Å². The summed E-state index contributed by atoms with van der Waals surface area (Å²) >= 11 is 0. The number of carbonyl (C=O) groups excluding carboxylic acids is 1. The Morgan fingerprint density at radius 2 is 1.85 bits per heavy atom. The van der Waals surface area contributed by atoms with Gasteiger partial charge in [0.2, 0.25) is 0 Å². The standard InChI is InChI=1S/C12H20N2O6/c1-12(4-6-20-7-5-12)14-11(19)13-8(10(17)18)2-3-9(15)16/h8H,2-7H2,1H3,(H,15,16)(H,17,18)(H2,13,14,19)/t8-/m0/s1. The molecule has 0 bridgehead atoms. The topological polar surface area (TPSA) is 125 Å². The first-order chi connectivity index (χ1) is 9.32. The van der Waals surface area contributed by atoms with E-state index in [-0.39, 0.29) is 12.8 Å². The molecule has 8 nitrogen and oxygen atoms in total. The number of carboxylic acids is 2. The van der Waals surface area contributed by atoms with Crippen LogP contribution >= 0.6 is 0 Å². The third kappa shape index (κ3) is 5.43. The Bertz CT molecular complexity index is 378. The van der Waals surface area contributed by atoms with Crippen molar-refractivity contribution in [1.82, 2.24) is 10.6 Å². The van der Waals surface area contributed by atoms with Gasteiger partial charge in [-0.1, -0.05) is 0 Å². The van der Waals surface area contributed by atoms with Gasteiger partial charge in [0.05, 0.1) is 0 Å². The molecular formula is C12H20N2O6. The van der Waals surface area contributed by atoms with Crippen molar-refractivity contribution in [3.8, 4) is 0 Å². The molecule has 0 unspecified atom stereocenters. The zero-order chi connectivity index (χ0) is 15.2. The highest BCUT2D eigenvalue weighted by atomic mass is 16.5. The summed E-state index contributed by atoms with van der Waals surface area (Å²) in [6, 6.07) is -1.82. The largest absolute Gasteiger partial charge is 0.481 e. The molecular weight excluding hydrogens is 268 g/mol. The summed E-state index contributed by atoms with van der Waals surface area (Å²) in [5.74, 6) is -2.35. The van der Waals surface area contributed by atoms with E-state index in [0.717, 1.165) is 0 Å². The molecule has 1 aliphatic rings. The molecule has 1 saturated heterocycles. The SMILES string of the molecule is CC1(NC(=O)N[C@@H](CCC(=O)O)C(=O)O)CCOCC1. The van der Waals surface area contributed by atoms with Crippen molar-refractivity contribution in [2.75, 3.05) is 13.2 Å². The first kappa shape index (κ1) is 16.2. The van der Waals surface area contributed by atoms with E-state index in [1.54, 1.807) is 0 Å². The molecule has 0 spiro atoms. The third-order valence-electron chi connectivity index (χ3n) is 3.26. The Labute approximate surface area is 116 Å². The summed E-state index contributed by atoms with van der Waals surface area (Å²) in [5.41, 5.74) is -0.432. The van der Waals surface area contributed by atoms with Gasteiger partial charge in [-0.3, -0.25) is 4.79 Å². The third-order valence-corrected chi connectivity index (χ3v) is 3.26. The van der Waals surface area contributed by atoms with Gasteiger partial charge in [-0.05, 0) is 26.2 Å². The Morgan fingerprint density at radius 3 is 2.35 bits per heavy atom. The van der Waals surface area contributed by atoms with Gasteiger partial charge in [-0.15, -0.1) is 0 Å². The Balaban J connectivity index is 2.48. The number of amides is 2. The van der Waals surface area contributed by atoms with Crippen LogP contribution in [0.1, 0.15) is 32.6 Å². The summed E-state index contributed by atoms with van der Waals surface area (Å²) in [4.78, 5) is 33.2. The summed E-state index contributed by atoms with van der Waals surface area (Å²) in [6.45, 7) is 2.94. The smallest absolute Gasteiger partial charge is 0.326 e. The number of rotatable bonds is 6. The summed E-state index contributed by atoms with van der Waals surface area (Å²) in [7, 11) is 0. The van der Waals surface area contributed by atoms with Crippen molar-refractivity contribution in [1.29, 1.82) is 0 Å². The van der Waals surface area contributed by atoms with Crippen molar-refractivity contribution in [2.45, 2.75) is 44.2 Å². The number of hydrogen-bond donors (Lipinski definition) is 4. The molecule has 1 atom stereocenters. The van der Waals surface area contributed by atoms with E-state index in [2.05, 4.69) is 10.6 Å². The molecule has 0 aromatic rings. The average molecular weight is 288 g/mol. The Morgan fingerprint density at radius 1 is 1.25 bits per heavy atom. The van der Waals surface area contributed by atoms with E-state index in [1.807, 2.05) is 6.92 Å².